The first-order valence-corrected chi connectivity index (χ1v) is 21.6. The van der Waals surface area contributed by atoms with Gasteiger partial charge in [0.05, 0.1) is 54.8 Å². The number of nitrogens with one attached hydrogen (secondary N) is 2. The Labute approximate surface area is 353 Å². The van der Waals surface area contributed by atoms with Gasteiger partial charge in [-0.05, 0) is 87.7 Å². The molecule has 316 valence electrons. The first-order chi connectivity index (χ1) is 29.7. The van der Waals surface area contributed by atoms with E-state index in [1.165, 1.54) is 0 Å². The number of pyridine rings is 2. The molecule has 16 nitrogen and oxygen atoms in total. The number of halogens is 1. The zero-order chi connectivity index (χ0) is 41.7. The number of carbonyl (C=O) groups is 2. The van der Waals surface area contributed by atoms with Gasteiger partial charge in [-0.3, -0.25) is 19.8 Å². The van der Waals surface area contributed by atoms with E-state index in [4.69, 9.17) is 14.7 Å². The van der Waals surface area contributed by atoms with Gasteiger partial charge in [-0.25, -0.2) is 19.0 Å². The Kier molecular flexibility index (Phi) is 10.4. The summed E-state index contributed by atoms with van der Waals surface area (Å²) in [5, 5.41) is 29.9. The predicted molar refractivity (Wildman–Crippen MR) is 225 cm³/mol. The number of hydrogen-bond acceptors (Lipinski definition) is 13. The maximum atomic E-state index is 15.5. The minimum Gasteiger partial charge on any atom is -0.374 e. The molecule has 17 heteroatoms. The number of benzene rings is 1. The fraction of sp³-hybridized carbons (Fsp3) is 0.500. The van der Waals surface area contributed by atoms with Crippen molar-refractivity contribution in [1.29, 1.82) is 5.26 Å². The highest BCUT2D eigenvalue weighted by molar-refractivity contribution is 6.02. The van der Waals surface area contributed by atoms with Crippen molar-refractivity contribution >= 4 is 40.0 Å². The zero-order valence-corrected chi connectivity index (χ0v) is 34.3. The minimum absolute atomic E-state index is 0.00230. The molecule has 5 aromatic rings. The second-order valence-electron chi connectivity index (χ2n) is 17.3. The summed E-state index contributed by atoms with van der Waals surface area (Å²) in [6, 6.07) is 15.3. The van der Waals surface area contributed by atoms with Crippen molar-refractivity contribution in [3.8, 4) is 17.6 Å². The molecule has 1 aliphatic carbocycles. The van der Waals surface area contributed by atoms with Crippen LogP contribution in [0.15, 0.2) is 61.1 Å². The minimum atomic E-state index is -2.17. The van der Waals surface area contributed by atoms with Crippen LogP contribution in [0.1, 0.15) is 75.5 Å². The number of alkyl halides is 1. The molecule has 1 saturated carbocycles. The van der Waals surface area contributed by atoms with Gasteiger partial charge in [-0.2, -0.15) is 15.0 Å². The second kappa shape index (κ2) is 16.1. The summed E-state index contributed by atoms with van der Waals surface area (Å²) < 4.78 is 24.8. The number of nitriles is 1. The Morgan fingerprint density at radius 3 is 2.61 bits per heavy atom. The van der Waals surface area contributed by atoms with Crippen molar-refractivity contribution in [3.05, 3.63) is 72.3 Å². The van der Waals surface area contributed by atoms with Crippen LogP contribution >= 0.6 is 0 Å². The molecule has 4 aromatic heterocycles. The summed E-state index contributed by atoms with van der Waals surface area (Å²) in [6.45, 7) is 8.15. The molecule has 0 radical (unpaired) electrons. The van der Waals surface area contributed by atoms with Crippen molar-refractivity contribution in [2.45, 2.75) is 88.1 Å². The van der Waals surface area contributed by atoms with Gasteiger partial charge in [0, 0.05) is 68.6 Å². The molecule has 10 rings (SSSR count). The van der Waals surface area contributed by atoms with Gasteiger partial charge >= 0.3 is 0 Å². The number of carbonyl (C=O) groups excluding carboxylic acids is 2. The van der Waals surface area contributed by atoms with Gasteiger partial charge in [0.15, 0.2) is 11.5 Å². The number of rotatable bonds is 11. The van der Waals surface area contributed by atoms with Crippen molar-refractivity contribution in [2.24, 2.45) is 5.92 Å². The topological polar surface area (TPSA) is 175 Å². The predicted octanol–water partition coefficient (Wildman–Crippen LogP) is 4.79. The molecule has 4 aliphatic heterocycles. The standard InChI is InChI=1S/C44H50FN13O3/c1-28(22-46)49-36-21-40(58-42-31(23-48-58)6-11-39(50-42)56-25-35-20-34(56)27-61-35)47-24-38(36)57-26-37(52-53-57)30-4-2-29(3-5-30)13-15-54-16-18-55(19-17-54)33-9-7-32(8-10-33)44(45)14-12-41(59)51-43(44)60/h6-11,21,23-24,26,28-30,34-35H,2-5,12-20,25,27H2,1H3,(H,47,49)(H,51,59,60)/t28-,29?,30?,34-,35-,44+/m1/s1. The van der Waals surface area contributed by atoms with Crippen molar-refractivity contribution in [3.63, 3.8) is 0 Å². The molecule has 8 heterocycles. The Balaban J connectivity index is 0.739. The summed E-state index contributed by atoms with van der Waals surface area (Å²) in [5.41, 5.74) is 2.23. The highest BCUT2D eigenvalue weighted by Crippen LogP contribution is 2.38. The molecule has 2 N–H and O–H groups in total. The summed E-state index contributed by atoms with van der Waals surface area (Å²) >= 11 is 0. The van der Waals surface area contributed by atoms with Crippen molar-refractivity contribution < 1.29 is 18.7 Å². The zero-order valence-electron chi connectivity index (χ0n) is 34.3. The van der Waals surface area contributed by atoms with Crippen LogP contribution in [-0.4, -0.2) is 116 Å². The first kappa shape index (κ1) is 39.2. The van der Waals surface area contributed by atoms with Crippen LogP contribution in [0, 0.1) is 17.2 Å². The Hall–Kier alpha value is -5.99. The van der Waals surface area contributed by atoms with Crippen LogP contribution in [0.3, 0.4) is 0 Å². The smallest absolute Gasteiger partial charge is 0.268 e. The van der Waals surface area contributed by atoms with Crippen LogP contribution in [0.25, 0.3) is 22.5 Å². The SMILES string of the molecule is C[C@H](C#N)Nc1cc(-n2ncc3ccc(N4C[C@H]5C[C@@H]4CO5)nc32)ncc1-n1cc(C2CCC(CCN3CCN(c4ccc([C@@]5(F)CCC(=O)NC5=O)cc4)CC3)CC2)nn1. The quantitative estimate of drug-likeness (QED) is 0.174. The molecule has 5 aliphatic rings. The Bertz CT molecular complexity index is 2470. The molecular formula is C44H50FN13O3. The fourth-order valence-corrected chi connectivity index (χ4v) is 9.84. The third kappa shape index (κ3) is 7.67. The van der Waals surface area contributed by atoms with Crippen LogP contribution in [0.4, 0.5) is 21.6 Å². The van der Waals surface area contributed by atoms with Crippen LogP contribution < -0.4 is 20.4 Å². The molecule has 0 spiro atoms. The van der Waals surface area contributed by atoms with E-state index in [-0.39, 0.29) is 18.9 Å². The van der Waals surface area contributed by atoms with Crippen molar-refractivity contribution in [1.82, 2.24) is 45.0 Å². The number of nitrogens with zero attached hydrogens (tertiary/aromatic N) is 11. The lowest BCUT2D eigenvalue weighted by atomic mass is 9.79. The Morgan fingerprint density at radius 2 is 1.87 bits per heavy atom. The largest absolute Gasteiger partial charge is 0.374 e. The maximum Gasteiger partial charge on any atom is 0.268 e. The number of imide groups is 1. The number of piperidine rings is 1. The van der Waals surface area contributed by atoms with E-state index in [2.05, 4.69) is 58.9 Å². The molecule has 4 atom stereocenters. The summed E-state index contributed by atoms with van der Waals surface area (Å²) in [6.07, 6.45) is 12.3. The molecule has 1 aromatic carbocycles. The van der Waals surface area contributed by atoms with Gasteiger partial charge in [0.25, 0.3) is 5.91 Å². The highest BCUT2D eigenvalue weighted by Gasteiger charge is 2.45. The van der Waals surface area contributed by atoms with E-state index < -0.39 is 23.5 Å². The maximum absolute atomic E-state index is 15.5. The third-order valence-corrected chi connectivity index (χ3v) is 13.5. The lowest BCUT2D eigenvalue weighted by Gasteiger charge is -2.37. The van der Waals surface area contributed by atoms with Crippen LogP contribution in [0.2, 0.25) is 0 Å². The molecule has 0 unspecified atom stereocenters. The summed E-state index contributed by atoms with van der Waals surface area (Å²) in [4.78, 5) is 40.8. The lowest BCUT2D eigenvalue weighted by molar-refractivity contribution is -0.144. The van der Waals surface area contributed by atoms with Crippen LogP contribution in [0.5, 0.6) is 0 Å². The van der Waals surface area contributed by atoms with Gasteiger partial charge in [0.2, 0.25) is 11.6 Å². The first-order valence-electron chi connectivity index (χ1n) is 21.6. The highest BCUT2D eigenvalue weighted by atomic mass is 19.1. The normalized spacial score (nSPS) is 26.1. The van der Waals surface area contributed by atoms with E-state index in [1.54, 1.807) is 33.9 Å². The van der Waals surface area contributed by atoms with E-state index in [9.17, 15) is 14.9 Å². The number of aromatic nitrogens is 7. The molecular weight excluding hydrogens is 778 g/mol. The molecule has 4 saturated heterocycles. The second-order valence-corrected chi connectivity index (χ2v) is 17.3. The monoisotopic (exact) mass is 827 g/mol. The van der Waals surface area contributed by atoms with Crippen molar-refractivity contribution in [2.75, 3.05) is 61.0 Å². The van der Waals surface area contributed by atoms with Gasteiger partial charge in [-0.1, -0.05) is 17.3 Å². The number of ether oxygens (including phenoxy) is 1. The fourth-order valence-electron chi connectivity index (χ4n) is 9.84. The average molecular weight is 828 g/mol. The number of amides is 2. The molecule has 61 heavy (non-hydrogen) atoms. The number of fused-ring (bicyclic) bond motifs is 3. The average Bonchev–Trinajstić information content (AvgIpc) is 4.13. The van der Waals surface area contributed by atoms with Gasteiger partial charge in [-0.15, -0.1) is 5.10 Å². The number of hydrogen-bond donors (Lipinski definition) is 2. The third-order valence-electron chi connectivity index (χ3n) is 13.5. The number of anilines is 3. The summed E-state index contributed by atoms with van der Waals surface area (Å²) in [7, 11) is 0. The molecule has 5 fully saturated rings. The summed E-state index contributed by atoms with van der Waals surface area (Å²) in [5.74, 6) is 1.19. The molecule has 2 bridgehead atoms. The van der Waals surface area contributed by atoms with E-state index in [0.29, 0.717) is 46.3 Å². The molecule has 2 amide bonds. The Morgan fingerprint density at radius 1 is 1.05 bits per heavy atom. The van der Waals surface area contributed by atoms with E-state index >= 15 is 4.39 Å². The van der Waals surface area contributed by atoms with Gasteiger partial charge < -0.3 is 19.9 Å². The lowest BCUT2D eigenvalue weighted by Crippen LogP contribution is -2.49. The van der Waals surface area contributed by atoms with E-state index in [1.807, 2.05) is 31.3 Å². The van der Waals surface area contributed by atoms with Crippen LogP contribution in [-0.2, 0) is 20.0 Å². The number of piperazine rings is 1. The van der Waals surface area contributed by atoms with Gasteiger partial charge in [0.1, 0.15) is 17.5 Å². The van der Waals surface area contributed by atoms with E-state index in [0.717, 1.165) is 107 Å². The number of morpholine rings is 1.